The number of aliphatic hydroxyl groups excluding tert-OH is 1. The van der Waals surface area contributed by atoms with Crippen LogP contribution in [0.1, 0.15) is 25.8 Å². The maximum atomic E-state index is 11.8. The minimum atomic E-state index is -3.66. The molecular formula is C13H17ClN2O3S. The first-order valence-electron chi connectivity index (χ1n) is 6.03. The zero-order valence-corrected chi connectivity index (χ0v) is 12.8. The van der Waals surface area contributed by atoms with Crippen molar-refractivity contribution in [1.29, 1.82) is 0 Å². The monoisotopic (exact) mass is 316 g/mol. The second kappa shape index (κ2) is 7.50. The Morgan fingerprint density at radius 3 is 2.70 bits per heavy atom. The Kier molecular flexibility index (Phi) is 6.30. The van der Waals surface area contributed by atoms with Crippen molar-refractivity contribution in [2.75, 3.05) is 11.3 Å². The lowest BCUT2D eigenvalue weighted by Gasteiger charge is -2.13. The molecule has 7 heteroatoms. The minimum absolute atomic E-state index is 0.0521. The molecule has 0 bridgehead atoms. The number of hydrogen-bond donors (Lipinski definition) is 3. The van der Waals surface area contributed by atoms with Crippen LogP contribution >= 0.6 is 11.6 Å². The van der Waals surface area contributed by atoms with Crippen LogP contribution in [0.2, 0.25) is 5.02 Å². The third-order valence-electron chi connectivity index (χ3n) is 2.08. The van der Waals surface area contributed by atoms with Gasteiger partial charge in [0.15, 0.2) is 0 Å². The van der Waals surface area contributed by atoms with Gasteiger partial charge in [0.2, 0.25) is 0 Å². The molecule has 3 N–H and O–H groups in total. The van der Waals surface area contributed by atoms with Crippen molar-refractivity contribution in [3.05, 3.63) is 28.8 Å². The van der Waals surface area contributed by atoms with Crippen LogP contribution in [0, 0.1) is 11.8 Å². The molecule has 0 atom stereocenters. The highest BCUT2D eigenvalue weighted by molar-refractivity contribution is 7.90. The normalized spacial score (nSPS) is 11.1. The second-order valence-corrected chi connectivity index (χ2v) is 6.23. The van der Waals surface area contributed by atoms with Crippen molar-refractivity contribution >= 4 is 27.5 Å². The summed E-state index contributed by atoms with van der Waals surface area (Å²) in [6.07, 6.45) is 0.308. The molecule has 0 saturated carbocycles. The lowest BCUT2D eigenvalue weighted by Crippen LogP contribution is -2.35. The van der Waals surface area contributed by atoms with Crippen LogP contribution in [-0.2, 0) is 10.2 Å². The summed E-state index contributed by atoms with van der Waals surface area (Å²) in [6, 6.07) is 4.47. The molecule has 1 aromatic rings. The fraction of sp³-hybridized carbons (Fsp3) is 0.385. The van der Waals surface area contributed by atoms with Crippen LogP contribution in [0.3, 0.4) is 0 Å². The van der Waals surface area contributed by atoms with Gasteiger partial charge in [0.25, 0.3) is 10.2 Å². The topological polar surface area (TPSA) is 78.4 Å². The summed E-state index contributed by atoms with van der Waals surface area (Å²) in [5.41, 5.74) is 0.799. The molecule has 0 radical (unpaired) electrons. The first-order chi connectivity index (χ1) is 9.34. The Balaban J connectivity index is 3.04. The summed E-state index contributed by atoms with van der Waals surface area (Å²) in [4.78, 5) is 0. The Bertz CT molecular complexity index is 618. The van der Waals surface area contributed by atoms with Gasteiger partial charge in [-0.1, -0.05) is 23.4 Å². The zero-order valence-electron chi connectivity index (χ0n) is 11.3. The second-order valence-electron chi connectivity index (χ2n) is 4.34. The average molecular weight is 317 g/mol. The number of nitrogens with one attached hydrogen (secondary N) is 2. The summed E-state index contributed by atoms with van der Waals surface area (Å²) >= 11 is 5.88. The number of benzene rings is 1. The van der Waals surface area contributed by atoms with Crippen molar-refractivity contribution in [3.63, 3.8) is 0 Å². The van der Waals surface area contributed by atoms with E-state index < -0.39 is 10.2 Å². The van der Waals surface area contributed by atoms with Crippen molar-refractivity contribution in [3.8, 4) is 11.8 Å². The standard InChI is InChI=1S/C13H17ClN2O3S/c1-10(2)15-20(18,19)16-13-7-6-12(14)9-11(13)5-3-4-8-17/h6-7,9-10,15-17H,4,8H2,1-2H3. The molecule has 0 aliphatic carbocycles. The first-order valence-corrected chi connectivity index (χ1v) is 7.89. The molecule has 0 aromatic heterocycles. The zero-order chi connectivity index (χ0) is 15.2. The summed E-state index contributed by atoms with van der Waals surface area (Å²) in [6.45, 7) is 3.40. The SMILES string of the molecule is CC(C)NS(=O)(=O)Nc1ccc(Cl)cc1C#CCCO. The van der Waals surface area contributed by atoms with E-state index in [4.69, 9.17) is 16.7 Å². The van der Waals surface area contributed by atoms with Crippen LogP contribution in [0.25, 0.3) is 0 Å². The van der Waals surface area contributed by atoms with E-state index in [0.717, 1.165) is 0 Å². The average Bonchev–Trinajstić information content (AvgIpc) is 2.31. The van der Waals surface area contributed by atoms with Crippen LogP contribution in [0.15, 0.2) is 18.2 Å². The molecule has 5 nitrogen and oxygen atoms in total. The third-order valence-corrected chi connectivity index (χ3v) is 3.58. The van der Waals surface area contributed by atoms with Gasteiger partial charge in [-0.3, -0.25) is 4.72 Å². The summed E-state index contributed by atoms with van der Waals surface area (Å²) in [7, 11) is -3.66. The third kappa shape index (κ3) is 5.80. The molecule has 1 aromatic carbocycles. The number of aliphatic hydroxyl groups is 1. The molecule has 0 unspecified atom stereocenters. The van der Waals surface area contributed by atoms with Crippen molar-refractivity contribution < 1.29 is 13.5 Å². The maximum absolute atomic E-state index is 11.8. The smallest absolute Gasteiger partial charge is 0.299 e. The van der Waals surface area contributed by atoms with Gasteiger partial charge in [-0.15, -0.1) is 0 Å². The summed E-state index contributed by atoms with van der Waals surface area (Å²) in [5.74, 6) is 5.51. The highest BCUT2D eigenvalue weighted by Gasteiger charge is 2.13. The fourth-order valence-electron chi connectivity index (χ4n) is 1.41. The summed E-state index contributed by atoms with van der Waals surface area (Å²) in [5, 5.41) is 9.16. The van der Waals surface area contributed by atoms with E-state index >= 15 is 0 Å². The van der Waals surface area contributed by atoms with Crippen LogP contribution in [-0.4, -0.2) is 26.2 Å². The van der Waals surface area contributed by atoms with Gasteiger partial charge in [-0.25, -0.2) is 0 Å². The van der Waals surface area contributed by atoms with Crippen LogP contribution < -0.4 is 9.44 Å². The molecule has 0 fully saturated rings. The molecule has 0 aliphatic heterocycles. The molecule has 110 valence electrons. The lowest BCUT2D eigenvalue weighted by molar-refractivity contribution is 0.305. The molecule has 20 heavy (non-hydrogen) atoms. The predicted molar refractivity (Wildman–Crippen MR) is 80.8 cm³/mol. The highest BCUT2D eigenvalue weighted by Crippen LogP contribution is 2.20. The van der Waals surface area contributed by atoms with Gasteiger partial charge in [-0.05, 0) is 32.0 Å². The van der Waals surface area contributed by atoms with E-state index in [1.807, 2.05) is 0 Å². The molecular weight excluding hydrogens is 300 g/mol. The lowest BCUT2D eigenvalue weighted by atomic mass is 10.2. The van der Waals surface area contributed by atoms with Gasteiger partial charge in [0.1, 0.15) is 0 Å². The van der Waals surface area contributed by atoms with Crippen molar-refractivity contribution in [2.45, 2.75) is 26.3 Å². The minimum Gasteiger partial charge on any atom is -0.395 e. The van der Waals surface area contributed by atoms with Gasteiger partial charge in [0, 0.05) is 17.5 Å². The van der Waals surface area contributed by atoms with E-state index in [2.05, 4.69) is 21.3 Å². The molecule has 0 heterocycles. The van der Waals surface area contributed by atoms with E-state index in [1.165, 1.54) is 0 Å². The molecule has 1 rings (SSSR count). The van der Waals surface area contributed by atoms with Crippen LogP contribution in [0.4, 0.5) is 5.69 Å². The predicted octanol–water partition coefficient (Wildman–Crippen LogP) is 1.73. The van der Waals surface area contributed by atoms with E-state index in [9.17, 15) is 8.42 Å². The number of halogens is 1. The first kappa shape index (κ1) is 16.8. The van der Waals surface area contributed by atoms with E-state index in [1.54, 1.807) is 32.0 Å². The van der Waals surface area contributed by atoms with Crippen molar-refractivity contribution in [1.82, 2.24) is 4.72 Å². The molecule has 0 spiro atoms. The molecule has 0 amide bonds. The Labute approximate surface area is 124 Å². The van der Waals surface area contributed by atoms with Crippen molar-refractivity contribution in [2.24, 2.45) is 0 Å². The maximum Gasteiger partial charge on any atom is 0.299 e. The van der Waals surface area contributed by atoms with Gasteiger partial charge in [-0.2, -0.15) is 13.1 Å². The van der Waals surface area contributed by atoms with E-state index in [-0.39, 0.29) is 12.6 Å². The number of anilines is 1. The molecule has 0 saturated heterocycles. The van der Waals surface area contributed by atoms with Crippen LogP contribution in [0.5, 0.6) is 0 Å². The summed E-state index contributed by atoms with van der Waals surface area (Å²) < 4.78 is 28.5. The highest BCUT2D eigenvalue weighted by atomic mass is 35.5. The van der Waals surface area contributed by atoms with Gasteiger partial charge < -0.3 is 5.11 Å². The quantitative estimate of drug-likeness (QED) is 0.724. The fourth-order valence-corrected chi connectivity index (χ4v) is 2.73. The van der Waals surface area contributed by atoms with Gasteiger partial charge in [0.05, 0.1) is 17.9 Å². The largest absolute Gasteiger partial charge is 0.395 e. The Hall–Kier alpha value is -1.26. The Morgan fingerprint density at radius 1 is 1.40 bits per heavy atom. The Morgan fingerprint density at radius 2 is 2.10 bits per heavy atom. The van der Waals surface area contributed by atoms with E-state index in [0.29, 0.717) is 22.7 Å². The molecule has 0 aliphatic rings. The van der Waals surface area contributed by atoms with Gasteiger partial charge >= 0.3 is 0 Å². The number of hydrogen-bond acceptors (Lipinski definition) is 3. The number of rotatable bonds is 5.